The molecule has 0 aliphatic carbocycles. The molecule has 1 heterocycles. The van der Waals surface area contributed by atoms with Crippen LogP contribution in [0.2, 0.25) is 0 Å². The Hall–Kier alpha value is 0.0700. The topological polar surface area (TPSA) is 26.3 Å². The van der Waals surface area contributed by atoms with Gasteiger partial charge in [-0.1, -0.05) is 0 Å². The maximum atomic E-state index is 10.5. The minimum absolute atomic E-state index is 0.405. The van der Waals surface area contributed by atoms with Gasteiger partial charge >= 0.3 is 0 Å². The normalized spacial score (nSPS) is 39.4. The fourth-order valence-electron chi connectivity index (χ4n) is 0.331. The predicted octanol–water partition coefficient (Wildman–Crippen LogP) is 0.192. The third kappa shape index (κ3) is 1.22. The molecule has 4 heteroatoms. The van der Waals surface area contributed by atoms with Gasteiger partial charge in [0.05, 0.1) is 6.61 Å². The molecule has 40 valence electrons. The molecule has 0 bridgehead atoms. The van der Waals surface area contributed by atoms with E-state index < -0.39 is 8.77 Å². The first-order valence-corrected chi connectivity index (χ1v) is 4.24. The summed E-state index contributed by atoms with van der Waals surface area (Å²) < 4.78 is 15.1. The van der Waals surface area contributed by atoms with E-state index in [2.05, 4.69) is 15.4 Å². The maximum absolute atomic E-state index is 10.5. The van der Waals surface area contributed by atoms with Crippen LogP contribution < -0.4 is 0 Å². The molecule has 1 aliphatic heterocycles. The fourth-order valence-corrected chi connectivity index (χ4v) is 1.39. The lowest BCUT2D eigenvalue weighted by atomic mass is 10.7. The van der Waals surface area contributed by atoms with E-state index in [4.69, 9.17) is 0 Å². The van der Waals surface area contributed by atoms with E-state index in [-0.39, 0.29) is 0 Å². The maximum Gasteiger partial charge on any atom is 0.166 e. The summed E-state index contributed by atoms with van der Waals surface area (Å²) in [5.74, 6) is 0. The van der Waals surface area contributed by atoms with E-state index in [1.54, 1.807) is 6.08 Å². The van der Waals surface area contributed by atoms with Gasteiger partial charge in [0.1, 0.15) is 0 Å². The highest BCUT2D eigenvalue weighted by molar-refractivity contribution is 8.32. The Morgan fingerprint density at radius 2 is 2.57 bits per heavy atom. The second kappa shape index (κ2) is 1.54. The predicted molar refractivity (Wildman–Crippen MR) is 30.6 cm³/mol. The van der Waals surface area contributed by atoms with Crippen LogP contribution in [0, 0.1) is 0 Å². The summed E-state index contributed by atoms with van der Waals surface area (Å²) >= 11 is 4.43. The molecule has 0 aromatic rings. The molecular weight excluding hydrogens is 132 g/mol. The van der Waals surface area contributed by atoms with Crippen LogP contribution in [-0.4, -0.2) is 10.8 Å². The zero-order valence-corrected chi connectivity index (χ0v) is 5.13. The summed E-state index contributed by atoms with van der Waals surface area (Å²) in [6.07, 6.45) is 1.66. The van der Waals surface area contributed by atoms with E-state index in [1.807, 2.05) is 0 Å². The molecule has 0 saturated carbocycles. The smallest absolute Gasteiger partial charge is 0.166 e. The second-order valence-corrected chi connectivity index (χ2v) is 4.04. The number of rotatable bonds is 0. The van der Waals surface area contributed by atoms with E-state index in [9.17, 15) is 4.21 Å². The van der Waals surface area contributed by atoms with Gasteiger partial charge in [0.25, 0.3) is 0 Å². The molecule has 0 spiro atoms. The van der Waals surface area contributed by atoms with Crippen molar-refractivity contribution < 1.29 is 8.39 Å². The Kier molecular flexibility index (Phi) is 1.15. The van der Waals surface area contributed by atoms with Crippen molar-refractivity contribution in [2.45, 2.75) is 0 Å². The minimum atomic E-state index is -2.39. The first-order chi connectivity index (χ1) is 3.21. The van der Waals surface area contributed by atoms with Crippen LogP contribution in [0.4, 0.5) is 0 Å². The lowest BCUT2D eigenvalue weighted by Gasteiger charge is -1.87. The molecule has 0 amide bonds. The van der Waals surface area contributed by atoms with Crippen LogP contribution in [0.3, 0.4) is 0 Å². The quantitative estimate of drug-likeness (QED) is 0.475. The average Bonchev–Trinajstić information content (AvgIpc) is 1.84. The van der Waals surface area contributed by atoms with Crippen molar-refractivity contribution in [3.05, 3.63) is 11.5 Å². The average molecular weight is 136 g/mol. The van der Waals surface area contributed by atoms with Gasteiger partial charge in [0.2, 0.25) is 0 Å². The molecule has 0 fully saturated rings. The summed E-state index contributed by atoms with van der Waals surface area (Å²) in [6, 6.07) is 0. The van der Waals surface area contributed by atoms with Gasteiger partial charge in [0.15, 0.2) is 8.77 Å². The Morgan fingerprint density at radius 3 is 2.71 bits per heavy atom. The van der Waals surface area contributed by atoms with Crippen LogP contribution in [-0.2, 0) is 24.1 Å². The van der Waals surface area contributed by atoms with Crippen molar-refractivity contribution in [2.24, 2.45) is 0 Å². The van der Waals surface area contributed by atoms with Gasteiger partial charge in [-0.25, -0.2) is 4.21 Å². The lowest BCUT2D eigenvalue weighted by molar-refractivity contribution is 0.409. The zero-order valence-electron chi connectivity index (χ0n) is 3.49. The summed E-state index contributed by atoms with van der Waals surface area (Å²) in [5, 5.41) is 1.42. The third-order valence-corrected chi connectivity index (χ3v) is 2.20. The van der Waals surface area contributed by atoms with E-state index in [0.29, 0.717) is 6.61 Å². The van der Waals surface area contributed by atoms with Crippen LogP contribution in [0.15, 0.2) is 11.5 Å². The van der Waals surface area contributed by atoms with Gasteiger partial charge in [-0.3, -0.25) is 4.18 Å². The molecule has 1 aliphatic rings. The minimum Gasteiger partial charge on any atom is -0.283 e. The Labute approximate surface area is 47.0 Å². The highest BCUT2D eigenvalue weighted by atomic mass is 32.8. The Balaban J connectivity index is 2.99. The third-order valence-electron chi connectivity index (χ3n) is 0.591. The lowest BCUT2D eigenvalue weighted by Crippen LogP contribution is -1.90. The number of hydrogen-bond acceptors (Lipinski definition) is 3. The summed E-state index contributed by atoms with van der Waals surface area (Å²) in [6.45, 7) is 0.405. The zero-order chi connectivity index (χ0) is 5.33. The largest absolute Gasteiger partial charge is 0.283 e. The van der Waals surface area contributed by atoms with E-state index in [0.717, 1.165) is 0 Å². The highest BCUT2D eigenvalue weighted by Gasteiger charge is 2.04. The number of hydrogen-bond donors (Lipinski definition) is 0. The van der Waals surface area contributed by atoms with Crippen molar-refractivity contribution in [1.29, 1.82) is 0 Å². The Bertz CT molecular complexity index is 177. The monoisotopic (exact) mass is 136 g/mol. The molecule has 7 heavy (non-hydrogen) atoms. The highest BCUT2D eigenvalue weighted by Crippen LogP contribution is 2.02. The van der Waals surface area contributed by atoms with Crippen molar-refractivity contribution in [3.8, 4) is 0 Å². The molecule has 2 nitrogen and oxygen atoms in total. The van der Waals surface area contributed by atoms with Gasteiger partial charge in [0, 0.05) is 16.6 Å². The fraction of sp³-hybridized carbons (Fsp3) is 0.333. The van der Waals surface area contributed by atoms with Crippen LogP contribution in [0.1, 0.15) is 0 Å². The van der Waals surface area contributed by atoms with Crippen LogP contribution >= 0.6 is 0 Å². The first-order valence-electron chi connectivity index (χ1n) is 1.77. The van der Waals surface area contributed by atoms with Gasteiger partial charge in [-0.2, -0.15) is 0 Å². The summed E-state index contributed by atoms with van der Waals surface area (Å²) in [5.41, 5.74) is 0. The molecule has 0 radical (unpaired) electrons. The molecular formula is C3H4O2S2. The van der Waals surface area contributed by atoms with Crippen molar-refractivity contribution in [3.63, 3.8) is 0 Å². The van der Waals surface area contributed by atoms with Crippen LogP contribution in [0.5, 0.6) is 0 Å². The van der Waals surface area contributed by atoms with Crippen molar-refractivity contribution in [1.82, 2.24) is 0 Å². The molecule has 1 unspecified atom stereocenters. The Morgan fingerprint density at radius 1 is 1.86 bits per heavy atom. The van der Waals surface area contributed by atoms with E-state index in [1.165, 1.54) is 5.41 Å². The standard InChI is InChI=1S/C3H4O2S2/c4-7(6)3-1-2-5-7/h1,3H,2H2. The summed E-state index contributed by atoms with van der Waals surface area (Å²) in [4.78, 5) is 0. The molecule has 0 saturated heterocycles. The summed E-state index contributed by atoms with van der Waals surface area (Å²) in [7, 11) is -2.39. The molecule has 0 aromatic carbocycles. The van der Waals surface area contributed by atoms with Crippen molar-refractivity contribution >= 4 is 20.0 Å². The van der Waals surface area contributed by atoms with Crippen LogP contribution in [0.25, 0.3) is 0 Å². The molecule has 1 atom stereocenters. The van der Waals surface area contributed by atoms with Gasteiger partial charge < -0.3 is 0 Å². The molecule has 0 aromatic heterocycles. The van der Waals surface area contributed by atoms with Gasteiger partial charge in [-0.05, 0) is 6.08 Å². The van der Waals surface area contributed by atoms with E-state index >= 15 is 0 Å². The first kappa shape index (κ1) is 5.21. The molecule has 1 rings (SSSR count). The second-order valence-electron chi connectivity index (χ2n) is 1.15. The van der Waals surface area contributed by atoms with Gasteiger partial charge in [-0.15, -0.1) is 0 Å². The van der Waals surface area contributed by atoms with Crippen molar-refractivity contribution in [2.75, 3.05) is 6.61 Å². The SMILES string of the molecule is O=S1(=S)C=CCO1. The molecule has 0 N–H and O–H groups in total.